The van der Waals surface area contributed by atoms with E-state index in [9.17, 15) is 34.2 Å². The molecule has 1 heterocycles. The van der Waals surface area contributed by atoms with Crippen molar-refractivity contribution in [2.45, 2.75) is 56.8 Å². The zero-order valence-electron chi connectivity index (χ0n) is 20.0. The first-order chi connectivity index (χ1) is 17.5. The molecular formula is C23H30N6O8. The van der Waals surface area contributed by atoms with Gasteiger partial charge in [-0.25, -0.2) is 9.78 Å². The maximum Gasteiger partial charge on any atom is 0.326 e. The average Bonchev–Trinajstić information content (AvgIpc) is 3.34. The molecule has 0 fully saturated rings. The minimum atomic E-state index is -1.42. The molecule has 1 aromatic carbocycles. The number of benzene rings is 1. The number of phenolic OH excluding ortho intramolecular Hbond substituents is 1. The number of aromatic amines is 1. The predicted molar refractivity (Wildman–Crippen MR) is 128 cm³/mol. The number of carbonyl (C=O) groups excluding carboxylic acids is 3. The molecule has 200 valence electrons. The number of hydrogen-bond donors (Lipinski definition) is 8. The second-order valence-electron chi connectivity index (χ2n) is 8.39. The number of amides is 3. The third-order valence-electron chi connectivity index (χ3n) is 5.30. The van der Waals surface area contributed by atoms with Gasteiger partial charge in [0.15, 0.2) is 0 Å². The van der Waals surface area contributed by atoms with Crippen molar-refractivity contribution in [3.8, 4) is 5.75 Å². The Morgan fingerprint density at radius 1 is 0.919 bits per heavy atom. The first-order valence-electron chi connectivity index (χ1n) is 11.3. The second kappa shape index (κ2) is 13.6. The van der Waals surface area contributed by atoms with Gasteiger partial charge in [-0.1, -0.05) is 12.1 Å². The van der Waals surface area contributed by atoms with Crippen LogP contribution in [0.25, 0.3) is 0 Å². The van der Waals surface area contributed by atoms with Crippen LogP contribution < -0.4 is 21.7 Å². The van der Waals surface area contributed by atoms with E-state index in [0.717, 1.165) is 0 Å². The van der Waals surface area contributed by atoms with E-state index in [2.05, 4.69) is 25.9 Å². The lowest BCUT2D eigenvalue weighted by Crippen LogP contribution is -2.57. The molecule has 0 aliphatic carbocycles. The van der Waals surface area contributed by atoms with Crippen LogP contribution in [0.3, 0.4) is 0 Å². The Bertz CT molecular complexity index is 1090. The molecule has 14 nitrogen and oxygen atoms in total. The Labute approximate surface area is 211 Å². The minimum absolute atomic E-state index is 0.00196. The van der Waals surface area contributed by atoms with Crippen molar-refractivity contribution >= 4 is 29.7 Å². The van der Waals surface area contributed by atoms with Gasteiger partial charge in [-0.2, -0.15) is 0 Å². The van der Waals surface area contributed by atoms with Crippen molar-refractivity contribution in [2.75, 3.05) is 0 Å². The van der Waals surface area contributed by atoms with E-state index >= 15 is 0 Å². The molecule has 14 heteroatoms. The van der Waals surface area contributed by atoms with Crippen LogP contribution >= 0.6 is 0 Å². The number of carboxylic acids is 2. The zero-order chi connectivity index (χ0) is 27.5. The average molecular weight is 519 g/mol. The highest BCUT2D eigenvalue weighted by atomic mass is 16.4. The monoisotopic (exact) mass is 518 g/mol. The number of nitrogens with two attached hydrogens (primary N) is 1. The zero-order valence-corrected chi connectivity index (χ0v) is 20.0. The van der Waals surface area contributed by atoms with Gasteiger partial charge in [-0.15, -0.1) is 0 Å². The Balaban J connectivity index is 2.21. The van der Waals surface area contributed by atoms with Crippen LogP contribution in [0.1, 0.15) is 31.0 Å². The van der Waals surface area contributed by atoms with Gasteiger partial charge in [0, 0.05) is 31.2 Å². The largest absolute Gasteiger partial charge is 0.508 e. The summed E-state index contributed by atoms with van der Waals surface area (Å²) in [5.74, 6) is -4.95. The lowest BCUT2D eigenvalue weighted by molar-refractivity contribution is -0.143. The van der Waals surface area contributed by atoms with E-state index in [4.69, 9.17) is 10.8 Å². The molecule has 2 rings (SSSR count). The number of carboxylic acid groups (broad SMARTS) is 2. The molecule has 4 unspecified atom stereocenters. The highest BCUT2D eigenvalue weighted by Gasteiger charge is 2.30. The molecule has 0 saturated carbocycles. The normalized spacial score (nSPS) is 14.0. The molecule has 9 N–H and O–H groups in total. The highest BCUT2D eigenvalue weighted by Crippen LogP contribution is 2.12. The van der Waals surface area contributed by atoms with Gasteiger partial charge in [0.1, 0.15) is 23.9 Å². The van der Waals surface area contributed by atoms with E-state index < -0.39 is 60.2 Å². The van der Waals surface area contributed by atoms with Crippen molar-refractivity contribution in [1.29, 1.82) is 0 Å². The van der Waals surface area contributed by atoms with Crippen molar-refractivity contribution in [2.24, 2.45) is 5.73 Å². The van der Waals surface area contributed by atoms with E-state index in [-0.39, 0.29) is 25.0 Å². The Morgan fingerprint density at radius 2 is 1.51 bits per heavy atom. The number of hydrogen-bond acceptors (Lipinski definition) is 8. The second-order valence-corrected chi connectivity index (χ2v) is 8.39. The first kappa shape index (κ1) is 28.8. The van der Waals surface area contributed by atoms with Crippen molar-refractivity contribution < 1.29 is 39.3 Å². The summed E-state index contributed by atoms with van der Waals surface area (Å²) in [4.78, 5) is 67.6. The van der Waals surface area contributed by atoms with E-state index in [1.807, 2.05) is 0 Å². The Hall–Kier alpha value is -4.46. The quantitative estimate of drug-likeness (QED) is 0.146. The number of rotatable bonds is 14. The molecule has 0 bridgehead atoms. The number of imidazole rings is 1. The third-order valence-corrected chi connectivity index (χ3v) is 5.30. The van der Waals surface area contributed by atoms with Crippen LogP contribution in [0.15, 0.2) is 36.8 Å². The molecule has 2 aromatic rings. The van der Waals surface area contributed by atoms with Crippen LogP contribution in [0.4, 0.5) is 0 Å². The molecule has 4 atom stereocenters. The van der Waals surface area contributed by atoms with Crippen molar-refractivity contribution in [3.05, 3.63) is 48.0 Å². The van der Waals surface area contributed by atoms with Gasteiger partial charge in [-0.05, 0) is 31.0 Å². The number of nitrogens with zero attached hydrogens (tertiary/aromatic N) is 1. The highest BCUT2D eigenvalue weighted by molar-refractivity contribution is 5.94. The van der Waals surface area contributed by atoms with Gasteiger partial charge >= 0.3 is 11.9 Å². The Morgan fingerprint density at radius 3 is 2.05 bits per heavy atom. The lowest BCUT2D eigenvalue weighted by atomic mass is 10.0. The molecule has 0 saturated heterocycles. The molecule has 1 aromatic heterocycles. The number of aliphatic carboxylic acids is 2. The van der Waals surface area contributed by atoms with E-state index in [1.54, 1.807) is 0 Å². The molecule has 0 aliphatic rings. The SMILES string of the molecule is CC(N)C(=O)NC(Cc1ccc(O)cc1)C(=O)NC(CCC(=O)O)C(=O)NC(Cc1cnc[nH]1)C(=O)O. The summed E-state index contributed by atoms with van der Waals surface area (Å²) >= 11 is 0. The van der Waals surface area contributed by atoms with E-state index in [1.165, 1.54) is 43.7 Å². The van der Waals surface area contributed by atoms with Crippen LogP contribution in [-0.4, -0.2) is 79.1 Å². The number of nitrogens with one attached hydrogen (secondary N) is 4. The molecule has 0 radical (unpaired) electrons. The van der Waals surface area contributed by atoms with Gasteiger partial charge in [0.05, 0.1) is 12.4 Å². The van der Waals surface area contributed by atoms with Crippen LogP contribution in [0.2, 0.25) is 0 Å². The Kier molecular flexibility index (Phi) is 10.6. The molecule has 0 aliphatic heterocycles. The van der Waals surface area contributed by atoms with Crippen molar-refractivity contribution in [3.63, 3.8) is 0 Å². The predicted octanol–water partition coefficient (Wildman–Crippen LogP) is -1.35. The number of phenols is 1. The number of carbonyl (C=O) groups is 5. The van der Waals surface area contributed by atoms with Crippen molar-refractivity contribution in [1.82, 2.24) is 25.9 Å². The lowest BCUT2D eigenvalue weighted by Gasteiger charge is -2.25. The maximum absolute atomic E-state index is 13.1. The van der Waals surface area contributed by atoms with Gasteiger partial charge in [0.25, 0.3) is 0 Å². The van der Waals surface area contributed by atoms with Crippen LogP contribution in [-0.2, 0) is 36.8 Å². The van der Waals surface area contributed by atoms with Crippen LogP contribution in [0.5, 0.6) is 5.75 Å². The topological polar surface area (TPSA) is 237 Å². The standard InChI is InChI=1S/C23H30N6O8/c1-12(24)20(33)28-17(8-13-2-4-15(30)5-3-13)22(35)27-16(6-7-19(31)32)21(34)29-18(23(36)37)9-14-10-25-11-26-14/h2-5,10-12,16-18,30H,6-9,24H2,1H3,(H,25,26)(H,27,35)(H,28,33)(H,29,34)(H,31,32)(H,36,37). The maximum atomic E-state index is 13.1. The molecule has 37 heavy (non-hydrogen) atoms. The summed E-state index contributed by atoms with van der Waals surface area (Å²) in [6.07, 6.45) is 1.74. The molecule has 3 amide bonds. The first-order valence-corrected chi connectivity index (χ1v) is 11.3. The minimum Gasteiger partial charge on any atom is -0.508 e. The summed E-state index contributed by atoms with van der Waals surface area (Å²) in [6, 6.07) is 0.914. The summed E-state index contributed by atoms with van der Waals surface area (Å²) in [7, 11) is 0. The molecule has 0 spiro atoms. The number of aromatic hydroxyl groups is 1. The fourth-order valence-corrected chi connectivity index (χ4v) is 3.28. The summed E-state index contributed by atoms with van der Waals surface area (Å²) < 4.78 is 0. The smallest absolute Gasteiger partial charge is 0.326 e. The summed E-state index contributed by atoms with van der Waals surface area (Å²) in [5.41, 5.74) is 6.60. The van der Waals surface area contributed by atoms with E-state index in [0.29, 0.717) is 11.3 Å². The summed E-state index contributed by atoms with van der Waals surface area (Å²) in [6.45, 7) is 1.42. The fraction of sp³-hybridized carbons (Fsp3) is 0.391. The van der Waals surface area contributed by atoms with Gasteiger partial charge < -0.3 is 42.0 Å². The number of aromatic nitrogens is 2. The van der Waals surface area contributed by atoms with Crippen LogP contribution in [0, 0.1) is 0 Å². The number of H-pyrrole nitrogens is 1. The molecular weight excluding hydrogens is 488 g/mol. The van der Waals surface area contributed by atoms with Gasteiger partial charge in [0.2, 0.25) is 17.7 Å². The van der Waals surface area contributed by atoms with Gasteiger partial charge in [-0.3, -0.25) is 19.2 Å². The summed E-state index contributed by atoms with van der Waals surface area (Å²) in [5, 5.41) is 35.3. The fourth-order valence-electron chi connectivity index (χ4n) is 3.28. The third kappa shape index (κ3) is 9.60.